The van der Waals surface area contributed by atoms with Gasteiger partial charge in [-0.15, -0.1) is 0 Å². The number of benzene rings is 2. The van der Waals surface area contributed by atoms with Crippen LogP contribution in [-0.2, 0) is 23.1 Å². The van der Waals surface area contributed by atoms with Crippen molar-refractivity contribution in [3.05, 3.63) is 76.2 Å². The molecule has 0 aliphatic heterocycles. The number of rotatable bonds is 8. The summed E-state index contributed by atoms with van der Waals surface area (Å²) in [7, 11) is 1.69. The summed E-state index contributed by atoms with van der Waals surface area (Å²) >= 11 is 0. The molecule has 3 rings (SSSR count). The Labute approximate surface area is 194 Å². The number of carbonyl (C=O) groups is 2. The number of anilines is 1. The van der Waals surface area contributed by atoms with E-state index in [0.717, 1.165) is 0 Å². The summed E-state index contributed by atoms with van der Waals surface area (Å²) in [5, 5.41) is 9.79. The Hall–Kier alpha value is -3.59. The van der Waals surface area contributed by atoms with E-state index in [1.165, 1.54) is 15.9 Å². The van der Waals surface area contributed by atoms with Crippen LogP contribution in [0.3, 0.4) is 0 Å². The first kappa shape index (κ1) is 24.1. The molecule has 1 atom stereocenters. The number of H-pyrrole nitrogens is 1. The third-order valence-electron chi connectivity index (χ3n) is 5.33. The molecule has 2 amide bonds. The minimum Gasteiger partial charge on any atom is -0.497 e. The Balaban J connectivity index is 1.80. The molecule has 2 aromatic carbocycles. The Morgan fingerprint density at radius 2 is 1.70 bits per heavy atom. The second kappa shape index (κ2) is 9.91. The van der Waals surface area contributed by atoms with Crippen molar-refractivity contribution in [1.82, 2.24) is 15.1 Å². The van der Waals surface area contributed by atoms with Crippen LogP contribution in [0.5, 0.6) is 5.75 Å². The molecule has 174 valence electrons. The molecule has 1 unspecified atom stereocenters. The summed E-state index contributed by atoms with van der Waals surface area (Å²) in [4.78, 5) is 37.5. The fourth-order valence-corrected chi connectivity index (χ4v) is 4.56. The van der Waals surface area contributed by atoms with E-state index >= 15 is 0 Å². The molecule has 0 fully saturated rings. The summed E-state index contributed by atoms with van der Waals surface area (Å²) in [6.07, 6.45) is -0.0546. The number of methoxy groups -OCH3 is 1. The number of aryl methyl sites for hydroxylation is 1. The SMILES string of the molecule is COc1ccc(C(NC(=O)Cc2cc(=O)n(C)[nH]2)C(=O)Nc2ccc([Si](C)(C)C)cc2)cc1. The monoisotopic (exact) mass is 466 g/mol. The van der Waals surface area contributed by atoms with Crippen LogP contribution in [-0.4, -0.2) is 36.8 Å². The lowest BCUT2D eigenvalue weighted by molar-refractivity contribution is -0.126. The first-order chi connectivity index (χ1) is 15.6. The largest absolute Gasteiger partial charge is 0.497 e. The third kappa shape index (κ3) is 6.23. The molecule has 33 heavy (non-hydrogen) atoms. The second-order valence-corrected chi connectivity index (χ2v) is 14.0. The maximum atomic E-state index is 13.2. The summed E-state index contributed by atoms with van der Waals surface area (Å²) < 4.78 is 6.49. The van der Waals surface area contributed by atoms with Crippen molar-refractivity contribution in [2.45, 2.75) is 32.1 Å². The number of ether oxygens (including phenoxy) is 1. The number of hydrogen-bond acceptors (Lipinski definition) is 4. The normalized spacial score (nSPS) is 12.2. The van der Waals surface area contributed by atoms with Gasteiger partial charge < -0.3 is 15.4 Å². The van der Waals surface area contributed by atoms with Crippen molar-refractivity contribution in [1.29, 1.82) is 0 Å². The number of nitrogens with one attached hydrogen (secondary N) is 3. The van der Waals surface area contributed by atoms with E-state index in [9.17, 15) is 14.4 Å². The van der Waals surface area contributed by atoms with Crippen molar-refractivity contribution in [3.63, 3.8) is 0 Å². The lowest BCUT2D eigenvalue weighted by Crippen LogP contribution is -2.38. The fraction of sp³-hybridized carbons (Fsp3) is 0.292. The van der Waals surface area contributed by atoms with Crippen LogP contribution >= 0.6 is 0 Å². The van der Waals surface area contributed by atoms with Gasteiger partial charge in [-0.1, -0.05) is 49.1 Å². The number of nitrogens with zero attached hydrogens (tertiary/aromatic N) is 1. The molecular formula is C24H30N4O4Si. The minimum atomic E-state index is -1.45. The van der Waals surface area contributed by atoms with Crippen molar-refractivity contribution in [3.8, 4) is 5.75 Å². The van der Waals surface area contributed by atoms with Crippen LogP contribution in [0, 0.1) is 0 Å². The van der Waals surface area contributed by atoms with Gasteiger partial charge in [-0.2, -0.15) is 0 Å². The van der Waals surface area contributed by atoms with Gasteiger partial charge in [0.1, 0.15) is 11.8 Å². The Morgan fingerprint density at radius 1 is 1.06 bits per heavy atom. The fourth-order valence-electron chi connectivity index (χ4n) is 3.39. The quantitative estimate of drug-likeness (QED) is 0.443. The van der Waals surface area contributed by atoms with Crippen molar-refractivity contribution >= 4 is 30.8 Å². The average Bonchev–Trinajstić information content (AvgIpc) is 3.08. The first-order valence-electron chi connectivity index (χ1n) is 10.7. The van der Waals surface area contributed by atoms with Gasteiger partial charge in [-0.3, -0.25) is 24.2 Å². The molecule has 0 aliphatic rings. The molecule has 0 radical (unpaired) electrons. The molecule has 1 aromatic heterocycles. The van der Waals surface area contributed by atoms with Crippen LogP contribution in [0.15, 0.2) is 59.4 Å². The zero-order chi connectivity index (χ0) is 24.2. The van der Waals surface area contributed by atoms with Crippen LogP contribution in [0.2, 0.25) is 19.6 Å². The van der Waals surface area contributed by atoms with Crippen molar-refractivity contribution < 1.29 is 14.3 Å². The minimum absolute atomic E-state index is 0.0546. The maximum absolute atomic E-state index is 13.2. The van der Waals surface area contributed by atoms with Crippen molar-refractivity contribution in [2.75, 3.05) is 12.4 Å². The summed E-state index contributed by atoms with van der Waals surface area (Å²) in [6.45, 7) is 6.78. The topological polar surface area (TPSA) is 105 Å². The number of amides is 2. The molecule has 0 spiro atoms. The van der Waals surface area contributed by atoms with Gasteiger partial charge in [0.15, 0.2) is 0 Å². The smallest absolute Gasteiger partial charge is 0.266 e. The predicted molar refractivity (Wildman–Crippen MR) is 132 cm³/mol. The van der Waals surface area contributed by atoms with E-state index in [-0.39, 0.29) is 23.8 Å². The van der Waals surface area contributed by atoms with E-state index in [4.69, 9.17) is 4.74 Å². The second-order valence-electron chi connectivity index (χ2n) is 8.95. The highest BCUT2D eigenvalue weighted by molar-refractivity contribution is 6.88. The van der Waals surface area contributed by atoms with Gasteiger partial charge in [-0.05, 0) is 29.8 Å². The van der Waals surface area contributed by atoms with Crippen LogP contribution in [0.25, 0.3) is 0 Å². The average molecular weight is 467 g/mol. The molecule has 3 N–H and O–H groups in total. The number of carbonyl (C=O) groups excluding carboxylic acids is 2. The summed E-state index contributed by atoms with van der Waals surface area (Å²) in [6, 6.07) is 15.2. The molecule has 3 aromatic rings. The molecular weight excluding hydrogens is 436 g/mol. The number of hydrogen-bond donors (Lipinski definition) is 3. The number of aromatic nitrogens is 2. The molecule has 0 aliphatic carbocycles. The molecule has 0 bridgehead atoms. The standard InChI is InChI=1S/C24H30N4O4Si/c1-28-22(30)15-18(27-28)14-21(29)26-23(16-6-10-19(32-2)11-7-16)24(31)25-17-8-12-20(13-9-17)33(3,4)5/h6-13,15,23,27H,14H2,1-5H3,(H,25,31)(H,26,29). The maximum Gasteiger partial charge on any atom is 0.266 e. The zero-order valence-corrected chi connectivity index (χ0v) is 20.6. The highest BCUT2D eigenvalue weighted by Gasteiger charge is 2.24. The highest BCUT2D eigenvalue weighted by atomic mass is 28.3. The van der Waals surface area contributed by atoms with E-state index in [2.05, 4.69) is 35.4 Å². The van der Waals surface area contributed by atoms with E-state index < -0.39 is 14.1 Å². The van der Waals surface area contributed by atoms with Crippen LogP contribution < -0.4 is 26.1 Å². The predicted octanol–water partition coefficient (Wildman–Crippen LogP) is 2.31. The lowest BCUT2D eigenvalue weighted by Gasteiger charge is -2.20. The van der Waals surface area contributed by atoms with Crippen LogP contribution in [0.1, 0.15) is 17.3 Å². The lowest BCUT2D eigenvalue weighted by atomic mass is 10.1. The van der Waals surface area contributed by atoms with Gasteiger partial charge >= 0.3 is 0 Å². The Kier molecular flexibility index (Phi) is 7.22. The number of aromatic amines is 1. The zero-order valence-electron chi connectivity index (χ0n) is 19.6. The Bertz CT molecular complexity index is 1170. The third-order valence-corrected chi connectivity index (χ3v) is 7.39. The molecule has 0 saturated heterocycles. The highest BCUT2D eigenvalue weighted by Crippen LogP contribution is 2.20. The molecule has 1 heterocycles. The van der Waals surface area contributed by atoms with Crippen LogP contribution in [0.4, 0.5) is 5.69 Å². The van der Waals surface area contributed by atoms with Gasteiger partial charge in [0.25, 0.3) is 11.5 Å². The Morgan fingerprint density at radius 3 is 2.21 bits per heavy atom. The molecule has 9 heteroatoms. The van der Waals surface area contributed by atoms with E-state index in [1.54, 1.807) is 38.4 Å². The first-order valence-corrected chi connectivity index (χ1v) is 14.2. The van der Waals surface area contributed by atoms with Gasteiger partial charge in [-0.25, -0.2) is 0 Å². The molecule has 0 saturated carbocycles. The summed E-state index contributed by atoms with van der Waals surface area (Å²) in [5.74, 6) is -0.106. The van der Waals surface area contributed by atoms with Gasteiger partial charge in [0.2, 0.25) is 5.91 Å². The van der Waals surface area contributed by atoms with E-state index in [1.807, 2.05) is 24.3 Å². The van der Waals surface area contributed by atoms with Gasteiger partial charge in [0, 0.05) is 24.5 Å². The molecule has 8 nitrogen and oxygen atoms in total. The van der Waals surface area contributed by atoms with E-state index in [0.29, 0.717) is 22.7 Å². The summed E-state index contributed by atoms with van der Waals surface area (Å²) in [5.41, 5.74) is 1.50. The van der Waals surface area contributed by atoms with Crippen molar-refractivity contribution in [2.24, 2.45) is 7.05 Å². The van der Waals surface area contributed by atoms with Gasteiger partial charge in [0.05, 0.1) is 21.6 Å².